The summed E-state index contributed by atoms with van der Waals surface area (Å²) in [5, 5.41) is 32.4. The number of hydrogen-bond donors (Lipinski definition) is 7. The van der Waals surface area contributed by atoms with E-state index in [0.717, 1.165) is 5.75 Å². The van der Waals surface area contributed by atoms with Gasteiger partial charge in [0.15, 0.2) is 0 Å². The molecular formula is C11H25N3O7S. The number of carboxylic acid groups (broad SMARTS) is 3. The van der Waals surface area contributed by atoms with E-state index in [0.29, 0.717) is 6.42 Å². The summed E-state index contributed by atoms with van der Waals surface area (Å²) in [5.41, 5.74) is 14.7. The van der Waals surface area contributed by atoms with Crippen LogP contribution in [0.2, 0.25) is 0 Å². The largest absolute Gasteiger partial charge is 0.480 e. The molecule has 0 heterocycles. The van der Waals surface area contributed by atoms with Crippen molar-refractivity contribution < 1.29 is 34.8 Å². The Balaban J connectivity index is -0.000000257. The lowest BCUT2D eigenvalue weighted by Gasteiger charge is -2.06. The highest BCUT2D eigenvalue weighted by molar-refractivity contribution is 7.98. The smallest absolute Gasteiger partial charge is 0.323 e. The van der Waals surface area contributed by atoms with E-state index in [4.69, 9.17) is 31.9 Å². The van der Waals surface area contributed by atoms with Gasteiger partial charge >= 0.3 is 17.9 Å². The highest BCUT2D eigenvalue weighted by Gasteiger charge is 2.16. The van der Waals surface area contributed by atoms with Crippen molar-refractivity contribution in [2.24, 2.45) is 17.2 Å². The maximum atomic E-state index is 10.1. The minimum Gasteiger partial charge on any atom is -0.480 e. The molecule has 0 saturated heterocycles. The van der Waals surface area contributed by atoms with Crippen molar-refractivity contribution >= 4 is 29.7 Å². The van der Waals surface area contributed by atoms with E-state index in [-0.39, 0.29) is 6.54 Å². The molecule has 0 aromatic heterocycles. The van der Waals surface area contributed by atoms with Gasteiger partial charge in [-0.05, 0) is 25.4 Å². The Morgan fingerprint density at radius 2 is 1.50 bits per heavy atom. The molecule has 0 rings (SSSR count). The van der Waals surface area contributed by atoms with Crippen molar-refractivity contribution in [3.63, 3.8) is 0 Å². The Bertz CT molecular complexity index is 329. The highest BCUT2D eigenvalue weighted by Crippen LogP contribution is 1.97. The summed E-state index contributed by atoms with van der Waals surface area (Å²) in [6.07, 6.45) is 1.50. The first-order valence-electron chi connectivity index (χ1n) is 6.06. The number of aliphatic carboxylic acids is 3. The maximum absolute atomic E-state index is 10.1. The average Bonchev–Trinajstić information content (AvgIpc) is 2.44. The first-order valence-corrected chi connectivity index (χ1v) is 7.46. The Hall–Kier alpha value is -1.40. The van der Waals surface area contributed by atoms with Crippen LogP contribution in [0.4, 0.5) is 0 Å². The SMILES string of the molecule is CSCC[C@H](N)C(=O)O.C[C@@H](O)[C@H](N)C(=O)O.NCC(=O)O. The Morgan fingerprint density at radius 1 is 1.09 bits per heavy atom. The minimum absolute atomic E-state index is 0.278. The predicted octanol–water partition coefficient (Wildman–Crippen LogP) is -2.04. The molecule has 10 nitrogen and oxygen atoms in total. The van der Waals surface area contributed by atoms with Gasteiger partial charge in [-0.25, -0.2) is 0 Å². The van der Waals surface area contributed by atoms with Gasteiger partial charge < -0.3 is 37.6 Å². The summed E-state index contributed by atoms with van der Waals surface area (Å²) in [7, 11) is 0. The molecule has 0 aliphatic rings. The van der Waals surface area contributed by atoms with Gasteiger partial charge in [-0.2, -0.15) is 11.8 Å². The normalized spacial score (nSPS) is 13.4. The topological polar surface area (TPSA) is 210 Å². The van der Waals surface area contributed by atoms with Gasteiger partial charge in [0, 0.05) is 0 Å². The molecule has 22 heavy (non-hydrogen) atoms. The Kier molecular flexibility index (Phi) is 18.6. The molecule has 0 unspecified atom stereocenters. The summed E-state index contributed by atoms with van der Waals surface area (Å²) < 4.78 is 0. The van der Waals surface area contributed by atoms with Crippen molar-refractivity contribution in [3.8, 4) is 0 Å². The monoisotopic (exact) mass is 343 g/mol. The van der Waals surface area contributed by atoms with E-state index >= 15 is 0 Å². The van der Waals surface area contributed by atoms with E-state index in [2.05, 4.69) is 5.73 Å². The second-order valence-corrected chi connectivity index (χ2v) is 4.91. The first kappa shape index (κ1) is 25.5. The van der Waals surface area contributed by atoms with E-state index in [1.54, 1.807) is 11.8 Å². The molecule has 0 bridgehead atoms. The molecule has 0 saturated carbocycles. The fraction of sp³-hybridized carbons (Fsp3) is 0.727. The molecule has 10 N–H and O–H groups in total. The number of nitrogens with two attached hydrogens (primary N) is 3. The summed E-state index contributed by atoms with van der Waals surface area (Å²) in [6, 6.07) is -1.84. The van der Waals surface area contributed by atoms with E-state index in [9.17, 15) is 14.4 Å². The van der Waals surface area contributed by atoms with Crippen LogP contribution in [-0.2, 0) is 14.4 Å². The van der Waals surface area contributed by atoms with Gasteiger partial charge in [0.25, 0.3) is 0 Å². The number of rotatable bonds is 7. The Labute approximate surface area is 132 Å². The van der Waals surface area contributed by atoms with Crippen LogP contribution in [0.1, 0.15) is 13.3 Å². The number of aliphatic hydroxyl groups is 1. The number of thioether (sulfide) groups is 1. The molecule has 0 aromatic rings. The molecule has 0 aromatic carbocycles. The second-order valence-electron chi connectivity index (χ2n) is 3.93. The molecule has 11 heteroatoms. The summed E-state index contributed by atoms with van der Waals surface area (Å²) in [4.78, 5) is 29.2. The van der Waals surface area contributed by atoms with E-state index in [1.807, 2.05) is 6.26 Å². The third kappa shape index (κ3) is 20.9. The minimum atomic E-state index is -1.18. The molecule has 0 fully saturated rings. The lowest BCUT2D eigenvalue weighted by Crippen LogP contribution is -2.39. The van der Waals surface area contributed by atoms with E-state index in [1.165, 1.54) is 6.92 Å². The standard InChI is InChI=1S/C5H11NO2S.C4H9NO3.C2H5NO2/c1-9-3-2-4(6)5(7)8;1-2(6)3(5)4(7)8;3-1-2(4)5/h4H,2-3,6H2,1H3,(H,7,8);2-3,6H,5H2,1H3,(H,7,8);1,3H2,(H,4,5)/t4-;2-,3+;/m01./s1. The summed E-state index contributed by atoms with van der Waals surface area (Å²) >= 11 is 1.60. The van der Waals surface area contributed by atoms with Gasteiger partial charge in [0.05, 0.1) is 12.6 Å². The van der Waals surface area contributed by atoms with Crippen LogP contribution < -0.4 is 17.2 Å². The van der Waals surface area contributed by atoms with Crippen molar-refractivity contribution in [2.75, 3.05) is 18.6 Å². The Morgan fingerprint density at radius 3 is 1.64 bits per heavy atom. The lowest BCUT2D eigenvalue weighted by atomic mass is 10.2. The zero-order valence-corrected chi connectivity index (χ0v) is 13.3. The lowest BCUT2D eigenvalue weighted by molar-refractivity contribution is -0.141. The quantitative estimate of drug-likeness (QED) is 0.267. The molecule has 132 valence electrons. The molecule has 0 aliphatic heterocycles. The zero-order valence-electron chi connectivity index (χ0n) is 12.5. The van der Waals surface area contributed by atoms with Gasteiger partial charge in [0.2, 0.25) is 0 Å². The van der Waals surface area contributed by atoms with Gasteiger partial charge in [-0.15, -0.1) is 0 Å². The van der Waals surface area contributed by atoms with Gasteiger partial charge in [0.1, 0.15) is 12.1 Å². The van der Waals surface area contributed by atoms with Crippen molar-refractivity contribution in [1.82, 2.24) is 0 Å². The highest BCUT2D eigenvalue weighted by atomic mass is 32.2. The number of carboxylic acids is 3. The van der Waals surface area contributed by atoms with E-state index < -0.39 is 36.1 Å². The van der Waals surface area contributed by atoms with Crippen molar-refractivity contribution in [2.45, 2.75) is 31.5 Å². The number of hydrogen-bond acceptors (Lipinski definition) is 8. The third-order valence-corrected chi connectivity index (χ3v) is 2.57. The number of aliphatic hydroxyl groups excluding tert-OH is 1. The molecule has 0 amide bonds. The maximum Gasteiger partial charge on any atom is 0.323 e. The van der Waals surface area contributed by atoms with Crippen molar-refractivity contribution in [1.29, 1.82) is 0 Å². The first-order chi connectivity index (χ1) is 10.0. The van der Waals surface area contributed by atoms with Crippen molar-refractivity contribution in [3.05, 3.63) is 0 Å². The average molecular weight is 343 g/mol. The molecule has 0 spiro atoms. The molecule has 3 atom stereocenters. The van der Waals surface area contributed by atoms with Crippen LogP contribution in [-0.4, -0.2) is 75.1 Å². The molecule has 0 radical (unpaired) electrons. The molecular weight excluding hydrogens is 318 g/mol. The van der Waals surface area contributed by atoms with Crippen LogP contribution in [0.5, 0.6) is 0 Å². The fourth-order valence-corrected chi connectivity index (χ4v) is 1.06. The third-order valence-electron chi connectivity index (χ3n) is 1.93. The van der Waals surface area contributed by atoms with Gasteiger partial charge in [-0.1, -0.05) is 0 Å². The van der Waals surface area contributed by atoms with Crippen LogP contribution in [0.3, 0.4) is 0 Å². The van der Waals surface area contributed by atoms with Crippen LogP contribution >= 0.6 is 11.8 Å². The summed E-state index contributed by atoms with van der Waals surface area (Å²) in [6.45, 7) is 1.05. The summed E-state index contributed by atoms with van der Waals surface area (Å²) in [5.74, 6) is -2.25. The fourth-order valence-electron chi connectivity index (χ4n) is 0.575. The predicted molar refractivity (Wildman–Crippen MR) is 82.6 cm³/mol. The van der Waals surface area contributed by atoms with Crippen LogP contribution in [0, 0.1) is 0 Å². The van der Waals surface area contributed by atoms with Gasteiger partial charge in [-0.3, -0.25) is 14.4 Å². The number of carbonyl (C=O) groups is 3. The van der Waals surface area contributed by atoms with Crippen LogP contribution in [0.15, 0.2) is 0 Å². The zero-order chi connectivity index (χ0) is 18.3. The van der Waals surface area contributed by atoms with Crippen LogP contribution in [0.25, 0.3) is 0 Å². The molecule has 0 aliphatic carbocycles. The second kappa shape index (κ2) is 16.0.